The zero-order chi connectivity index (χ0) is 11.1. The quantitative estimate of drug-likeness (QED) is 0.453. The number of hydrogen-bond acceptors (Lipinski definition) is 2. The molecular weight excluding hydrogens is 226 g/mol. The minimum absolute atomic E-state index is 0.484. The molecule has 0 N–H and O–H groups in total. The van der Waals surface area contributed by atoms with Crippen LogP contribution in [0.5, 0.6) is 0 Å². The van der Waals surface area contributed by atoms with Gasteiger partial charge in [0.2, 0.25) is 0 Å². The number of benzene rings is 1. The van der Waals surface area contributed by atoms with Crippen molar-refractivity contribution >= 4 is 29.9 Å². The van der Waals surface area contributed by atoms with Gasteiger partial charge in [0.05, 0.1) is 5.88 Å². The Bertz CT molecular complexity index is 360. The summed E-state index contributed by atoms with van der Waals surface area (Å²) in [6, 6.07) is 7.73. The Morgan fingerprint density at radius 3 is 2.80 bits per heavy atom. The fourth-order valence-electron chi connectivity index (χ4n) is 1.32. The molecule has 0 aliphatic heterocycles. The van der Waals surface area contributed by atoms with Crippen molar-refractivity contribution in [2.45, 2.75) is 12.8 Å². The first-order valence-corrected chi connectivity index (χ1v) is 5.80. The number of halogens is 1. The Labute approximate surface area is 101 Å². The van der Waals surface area contributed by atoms with Gasteiger partial charge in [0, 0.05) is 16.3 Å². The summed E-state index contributed by atoms with van der Waals surface area (Å²) in [5.74, 6) is 0.484. The molecule has 0 aromatic heterocycles. The van der Waals surface area contributed by atoms with Crippen LogP contribution >= 0.6 is 24.2 Å². The van der Waals surface area contributed by atoms with Gasteiger partial charge in [-0.15, -0.1) is 6.58 Å². The third-order valence-corrected chi connectivity index (χ3v) is 2.50. The first kappa shape index (κ1) is 12.3. The molecule has 0 radical (unpaired) electrons. The Hall–Kier alpha value is -0.730. The Morgan fingerprint density at radius 1 is 1.47 bits per heavy atom. The van der Waals surface area contributed by atoms with Gasteiger partial charge in [-0.2, -0.15) is 12.6 Å². The van der Waals surface area contributed by atoms with Gasteiger partial charge >= 0.3 is 0 Å². The number of rotatable bonds is 5. The molecule has 1 aromatic rings. The SMILES string of the molecule is C=CCCC(=NCS)c1ccccc1Cl. The second-order valence-corrected chi connectivity index (χ2v) is 3.74. The van der Waals surface area contributed by atoms with Gasteiger partial charge in [0.15, 0.2) is 0 Å². The van der Waals surface area contributed by atoms with Crippen LogP contribution in [0.25, 0.3) is 0 Å². The highest BCUT2D eigenvalue weighted by Crippen LogP contribution is 2.18. The molecule has 1 rings (SSSR count). The fourth-order valence-corrected chi connectivity index (χ4v) is 1.73. The Kier molecular flexibility index (Phi) is 5.51. The Balaban J connectivity index is 2.94. The van der Waals surface area contributed by atoms with E-state index in [9.17, 15) is 0 Å². The van der Waals surface area contributed by atoms with Crippen LogP contribution in [0.4, 0.5) is 0 Å². The van der Waals surface area contributed by atoms with Crippen molar-refractivity contribution in [2.75, 3.05) is 5.88 Å². The van der Waals surface area contributed by atoms with E-state index in [0.717, 1.165) is 29.1 Å². The van der Waals surface area contributed by atoms with E-state index < -0.39 is 0 Å². The summed E-state index contributed by atoms with van der Waals surface area (Å²) in [5.41, 5.74) is 1.99. The Morgan fingerprint density at radius 2 is 2.20 bits per heavy atom. The van der Waals surface area contributed by atoms with E-state index in [1.165, 1.54) is 0 Å². The van der Waals surface area contributed by atoms with E-state index in [1.807, 2.05) is 30.3 Å². The van der Waals surface area contributed by atoms with Crippen LogP contribution in [0.3, 0.4) is 0 Å². The van der Waals surface area contributed by atoms with Crippen LogP contribution in [0, 0.1) is 0 Å². The molecule has 0 saturated carbocycles. The maximum absolute atomic E-state index is 6.10. The van der Waals surface area contributed by atoms with Crippen molar-refractivity contribution in [3.05, 3.63) is 47.5 Å². The topological polar surface area (TPSA) is 12.4 Å². The normalized spacial score (nSPS) is 11.5. The van der Waals surface area contributed by atoms with E-state index in [4.69, 9.17) is 11.6 Å². The number of thiol groups is 1. The van der Waals surface area contributed by atoms with Crippen molar-refractivity contribution in [1.82, 2.24) is 0 Å². The third kappa shape index (κ3) is 3.73. The first-order valence-electron chi connectivity index (χ1n) is 4.79. The molecule has 15 heavy (non-hydrogen) atoms. The highest BCUT2D eigenvalue weighted by Gasteiger charge is 2.05. The van der Waals surface area contributed by atoms with Crippen molar-refractivity contribution < 1.29 is 0 Å². The standard InChI is InChI=1S/C12H14ClNS/c1-2-3-8-12(14-9-15)10-6-4-5-7-11(10)13/h2,4-7,15H,1,3,8-9H2. The van der Waals surface area contributed by atoms with E-state index >= 15 is 0 Å². The van der Waals surface area contributed by atoms with Crippen LogP contribution in [0.15, 0.2) is 41.9 Å². The minimum Gasteiger partial charge on any atom is -0.279 e. The maximum Gasteiger partial charge on any atom is 0.0818 e. The molecule has 0 aliphatic carbocycles. The summed E-state index contributed by atoms with van der Waals surface area (Å²) in [4.78, 5) is 4.34. The smallest absolute Gasteiger partial charge is 0.0818 e. The van der Waals surface area contributed by atoms with Gasteiger partial charge in [-0.05, 0) is 18.9 Å². The number of allylic oxidation sites excluding steroid dienone is 1. The lowest BCUT2D eigenvalue weighted by Gasteiger charge is -2.06. The van der Waals surface area contributed by atoms with E-state index in [0.29, 0.717) is 5.88 Å². The van der Waals surface area contributed by atoms with Crippen LogP contribution in [0.1, 0.15) is 18.4 Å². The third-order valence-electron chi connectivity index (χ3n) is 2.03. The van der Waals surface area contributed by atoms with Gasteiger partial charge in [-0.25, -0.2) is 0 Å². The second kappa shape index (κ2) is 6.70. The molecule has 0 saturated heterocycles. The molecular formula is C12H14ClNS. The zero-order valence-electron chi connectivity index (χ0n) is 8.49. The lowest BCUT2D eigenvalue weighted by molar-refractivity contribution is 1.09. The van der Waals surface area contributed by atoms with Crippen molar-refractivity contribution in [3.63, 3.8) is 0 Å². The summed E-state index contributed by atoms with van der Waals surface area (Å²) in [6.07, 6.45) is 3.64. The molecule has 0 amide bonds. The molecule has 0 aliphatic rings. The van der Waals surface area contributed by atoms with Gasteiger partial charge in [0.25, 0.3) is 0 Å². The second-order valence-electron chi connectivity index (χ2n) is 3.05. The highest BCUT2D eigenvalue weighted by atomic mass is 35.5. The average Bonchev–Trinajstić information content (AvgIpc) is 2.25. The first-order chi connectivity index (χ1) is 7.29. The van der Waals surface area contributed by atoms with Gasteiger partial charge in [0.1, 0.15) is 0 Å². The summed E-state index contributed by atoms with van der Waals surface area (Å²) >= 11 is 10.2. The lowest BCUT2D eigenvalue weighted by atomic mass is 10.1. The van der Waals surface area contributed by atoms with Crippen LogP contribution in [0.2, 0.25) is 5.02 Å². The van der Waals surface area contributed by atoms with Crippen LogP contribution < -0.4 is 0 Å². The molecule has 1 aromatic carbocycles. The molecule has 0 unspecified atom stereocenters. The molecule has 0 atom stereocenters. The molecule has 0 spiro atoms. The summed E-state index contributed by atoms with van der Waals surface area (Å²) < 4.78 is 0. The van der Waals surface area contributed by atoms with Crippen molar-refractivity contribution in [1.29, 1.82) is 0 Å². The van der Waals surface area contributed by atoms with E-state index in [1.54, 1.807) is 0 Å². The minimum atomic E-state index is 0.484. The van der Waals surface area contributed by atoms with Crippen molar-refractivity contribution in [2.24, 2.45) is 4.99 Å². The molecule has 3 heteroatoms. The van der Waals surface area contributed by atoms with Crippen LogP contribution in [-0.2, 0) is 0 Å². The molecule has 80 valence electrons. The zero-order valence-corrected chi connectivity index (χ0v) is 10.1. The van der Waals surface area contributed by atoms with Crippen LogP contribution in [-0.4, -0.2) is 11.6 Å². The molecule has 0 fully saturated rings. The summed E-state index contributed by atoms with van der Waals surface area (Å²) in [7, 11) is 0. The number of hydrogen-bond donors (Lipinski definition) is 1. The monoisotopic (exact) mass is 239 g/mol. The van der Waals surface area contributed by atoms with Gasteiger partial charge in [-0.1, -0.05) is 35.9 Å². The fraction of sp³-hybridized carbons (Fsp3) is 0.250. The number of nitrogens with zero attached hydrogens (tertiary/aromatic N) is 1. The summed E-state index contributed by atoms with van der Waals surface area (Å²) in [5, 5.41) is 0.738. The predicted octanol–water partition coefficient (Wildman–Crippen LogP) is 3.98. The largest absolute Gasteiger partial charge is 0.279 e. The van der Waals surface area contributed by atoms with E-state index in [2.05, 4.69) is 24.2 Å². The maximum atomic E-state index is 6.10. The summed E-state index contributed by atoms with van der Waals surface area (Å²) in [6.45, 7) is 3.70. The number of aliphatic imine (C=N–C) groups is 1. The lowest BCUT2D eigenvalue weighted by Crippen LogP contribution is -2.01. The highest BCUT2D eigenvalue weighted by molar-refractivity contribution is 7.80. The van der Waals surface area contributed by atoms with Gasteiger partial charge < -0.3 is 0 Å². The van der Waals surface area contributed by atoms with Gasteiger partial charge in [-0.3, -0.25) is 4.99 Å². The molecule has 0 heterocycles. The molecule has 1 nitrogen and oxygen atoms in total. The molecule has 0 bridgehead atoms. The average molecular weight is 240 g/mol. The predicted molar refractivity (Wildman–Crippen MR) is 71.3 cm³/mol. The van der Waals surface area contributed by atoms with E-state index in [-0.39, 0.29) is 0 Å². The van der Waals surface area contributed by atoms with Crippen molar-refractivity contribution in [3.8, 4) is 0 Å².